The van der Waals surface area contributed by atoms with Crippen LogP contribution in [0.2, 0.25) is 0 Å². The predicted molar refractivity (Wildman–Crippen MR) is 77.5 cm³/mol. The number of aromatic nitrogens is 1. The first-order valence-corrected chi connectivity index (χ1v) is 7.16. The predicted octanol–water partition coefficient (Wildman–Crippen LogP) is 3.78. The van der Waals surface area contributed by atoms with Gasteiger partial charge in [-0.2, -0.15) is 0 Å². The summed E-state index contributed by atoms with van der Waals surface area (Å²) in [6.45, 7) is 2.09. The third-order valence-electron chi connectivity index (χ3n) is 2.86. The van der Waals surface area contributed by atoms with Gasteiger partial charge in [0.25, 0.3) is 0 Å². The Balaban J connectivity index is 1.94. The maximum atomic E-state index is 5.96. The van der Waals surface area contributed by atoms with Gasteiger partial charge in [0.1, 0.15) is 0 Å². The molecule has 0 aliphatic rings. The van der Waals surface area contributed by atoms with Crippen LogP contribution in [0, 0.1) is 0 Å². The Morgan fingerprint density at radius 3 is 2.56 bits per heavy atom. The molecule has 0 saturated heterocycles. The summed E-state index contributed by atoms with van der Waals surface area (Å²) in [5.74, 6) is 0.951. The Labute approximate surface area is 113 Å². The van der Waals surface area contributed by atoms with Gasteiger partial charge in [-0.25, -0.2) is 4.98 Å². The number of hydrogen-bond donors (Lipinski definition) is 1. The van der Waals surface area contributed by atoms with Crippen LogP contribution in [0.5, 0.6) is 0 Å². The molecule has 0 amide bonds. The third-order valence-corrected chi connectivity index (χ3v) is 3.87. The number of benzene rings is 1. The Hall–Kier alpha value is -1.32. The second kappa shape index (κ2) is 6.57. The van der Waals surface area contributed by atoms with E-state index in [0.29, 0.717) is 0 Å². The molecule has 0 aliphatic carbocycles. The van der Waals surface area contributed by atoms with E-state index < -0.39 is 0 Å². The molecule has 94 valence electrons. The van der Waals surface area contributed by atoms with E-state index in [4.69, 9.17) is 5.73 Å². The largest absolute Gasteiger partial charge is 0.324 e. The lowest BCUT2D eigenvalue weighted by Gasteiger charge is -2.09. The molecule has 3 heteroatoms. The zero-order chi connectivity index (χ0) is 12.8. The van der Waals surface area contributed by atoms with Crippen molar-refractivity contribution in [3.8, 4) is 0 Å². The fraction of sp³-hybridized carbons (Fsp3) is 0.267. The minimum atomic E-state index is 0.102. The fourth-order valence-corrected chi connectivity index (χ4v) is 2.46. The smallest absolute Gasteiger partial charge is 0.0963 e. The van der Waals surface area contributed by atoms with E-state index in [-0.39, 0.29) is 6.04 Å². The number of nitrogens with two attached hydrogens (primary N) is 1. The maximum Gasteiger partial charge on any atom is 0.0963 e. The molecular formula is C15H18N2S. The van der Waals surface area contributed by atoms with Crippen LogP contribution in [0.1, 0.15) is 30.5 Å². The van der Waals surface area contributed by atoms with E-state index in [1.807, 2.05) is 12.3 Å². The number of pyridine rings is 1. The molecule has 0 radical (unpaired) electrons. The zero-order valence-corrected chi connectivity index (χ0v) is 11.4. The van der Waals surface area contributed by atoms with E-state index >= 15 is 0 Å². The lowest BCUT2D eigenvalue weighted by Crippen LogP contribution is -2.08. The minimum absolute atomic E-state index is 0.102. The lowest BCUT2D eigenvalue weighted by atomic mass is 10.1. The van der Waals surface area contributed by atoms with Gasteiger partial charge in [0.15, 0.2) is 0 Å². The molecule has 1 atom stereocenters. The van der Waals surface area contributed by atoms with Gasteiger partial charge in [-0.05, 0) is 23.6 Å². The fourth-order valence-electron chi connectivity index (χ4n) is 1.66. The summed E-state index contributed by atoms with van der Waals surface area (Å²) in [4.78, 5) is 4.45. The van der Waals surface area contributed by atoms with E-state index in [9.17, 15) is 0 Å². The van der Waals surface area contributed by atoms with E-state index in [2.05, 4.69) is 48.3 Å². The van der Waals surface area contributed by atoms with Crippen LogP contribution >= 0.6 is 11.8 Å². The molecular weight excluding hydrogens is 240 g/mol. The van der Waals surface area contributed by atoms with Crippen LogP contribution < -0.4 is 5.73 Å². The molecule has 0 aliphatic heterocycles. The summed E-state index contributed by atoms with van der Waals surface area (Å²) >= 11 is 1.75. The highest BCUT2D eigenvalue weighted by molar-refractivity contribution is 7.98. The van der Waals surface area contributed by atoms with Gasteiger partial charge in [0.05, 0.1) is 5.03 Å². The Morgan fingerprint density at radius 1 is 1.17 bits per heavy atom. The van der Waals surface area contributed by atoms with Crippen molar-refractivity contribution in [3.05, 3.63) is 59.8 Å². The highest BCUT2D eigenvalue weighted by Crippen LogP contribution is 2.22. The molecule has 1 aromatic carbocycles. The average molecular weight is 258 g/mol. The quantitative estimate of drug-likeness (QED) is 0.829. The average Bonchev–Trinajstić information content (AvgIpc) is 2.46. The summed E-state index contributed by atoms with van der Waals surface area (Å²) < 4.78 is 0. The molecule has 18 heavy (non-hydrogen) atoms. The maximum absolute atomic E-state index is 5.96. The number of rotatable bonds is 5. The van der Waals surface area contributed by atoms with Gasteiger partial charge in [0, 0.05) is 18.0 Å². The first kappa shape index (κ1) is 13.1. The van der Waals surface area contributed by atoms with Crippen LogP contribution in [0.25, 0.3) is 0 Å². The molecule has 0 saturated carbocycles. The van der Waals surface area contributed by atoms with Gasteiger partial charge in [0.2, 0.25) is 0 Å². The molecule has 0 bridgehead atoms. The first-order chi connectivity index (χ1) is 8.79. The minimum Gasteiger partial charge on any atom is -0.324 e. The SMILES string of the molecule is CC[C@H](N)c1ccc(SCc2ccccc2)nc1. The number of hydrogen-bond acceptors (Lipinski definition) is 3. The summed E-state index contributed by atoms with van der Waals surface area (Å²) in [6, 6.07) is 14.7. The number of nitrogens with zero attached hydrogens (tertiary/aromatic N) is 1. The summed E-state index contributed by atoms with van der Waals surface area (Å²) in [7, 11) is 0. The second-order valence-electron chi connectivity index (χ2n) is 4.22. The van der Waals surface area contributed by atoms with Crippen molar-refractivity contribution in [1.29, 1.82) is 0 Å². The van der Waals surface area contributed by atoms with Gasteiger partial charge in [-0.15, -0.1) is 11.8 Å². The van der Waals surface area contributed by atoms with E-state index in [0.717, 1.165) is 22.8 Å². The van der Waals surface area contributed by atoms with Crippen molar-refractivity contribution in [3.63, 3.8) is 0 Å². The third kappa shape index (κ3) is 3.59. The topological polar surface area (TPSA) is 38.9 Å². The van der Waals surface area contributed by atoms with Crippen molar-refractivity contribution in [2.24, 2.45) is 5.73 Å². The Morgan fingerprint density at radius 2 is 1.94 bits per heavy atom. The molecule has 1 aromatic heterocycles. The monoisotopic (exact) mass is 258 g/mol. The molecule has 0 unspecified atom stereocenters. The van der Waals surface area contributed by atoms with Gasteiger partial charge < -0.3 is 5.73 Å². The zero-order valence-electron chi connectivity index (χ0n) is 10.5. The van der Waals surface area contributed by atoms with Crippen molar-refractivity contribution in [1.82, 2.24) is 4.98 Å². The standard InChI is InChI=1S/C15H18N2S/c1-2-14(16)13-8-9-15(17-10-13)18-11-12-6-4-3-5-7-12/h3-10,14H,2,11,16H2,1H3/t14-/m0/s1. The Kier molecular flexibility index (Phi) is 4.79. The van der Waals surface area contributed by atoms with Crippen LogP contribution in [-0.2, 0) is 5.75 Å². The first-order valence-electron chi connectivity index (χ1n) is 6.18. The second-order valence-corrected chi connectivity index (χ2v) is 5.21. The van der Waals surface area contributed by atoms with Crippen molar-refractivity contribution in [2.75, 3.05) is 0 Å². The van der Waals surface area contributed by atoms with E-state index in [1.54, 1.807) is 11.8 Å². The van der Waals surface area contributed by atoms with Crippen LogP contribution in [-0.4, -0.2) is 4.98 Å². The van der Waals surface area contributed by atoms with Crippen LogP contribution in [0.15, 0.2) is 53.7 Å². The molecule has 0 spiro atoms. The summed E-state index contributed by atoms with van der Waals surface area (Å²) in [5, 5.41) is 1.05. The lowest BCUT2D eigenvalue weighted by molar-refractivity contribution is 0.693. The van der Waals surface area contributed by atoms with Crippen LogP contribution in [0.3, 0.4) is 0 Å². The van der Waals surface area contributed by atoms with E-state index in [1.165, 1.54) is 5.56 Å². The highest BCUT2D eigenvalue weighted by Gasteiger charge is 2.04. The van der Waals surface area contributed by atoms with Crippen molar-refractivity contribution in [2.45, 2.75) is 30.2 Å². The molecule has 2 N–H and O–H groups in total. The van der Waals surface area contributed by atoms with Gasteiger partial charge in [-0.3, -0.25) is 0 Å². The summed E-state index contributed by atoms with van der Waals surface area (Å²) in [6.07, 6.45) is 2.83. The van der Waals surface area contributed by atoms with Gasteiger partial charge >= 0.3 is 0 Å². The molecule has 2 nitrogen and oxygen atoms in total. The molecule has 2 rings (SSSR count). The molecule has 1 heterocycles. The van der Waals surface area contributed by atoms with Gasteiger partial charge in [-0.1, -0.05) is 43.3 Å². The number of thioether (sulfide) groups is 1. The molecule has 2 aromatic rings. The highest BCUT2D eigenvalue weighted by atomic mass is 32.2. The van der Waals surface area contributed by atoms with Crippen LogP contribution in [0.4, 0.5) is 0 Å². The normalized spacial score (nSPS) is 12.3. The van der Waals surface area contributed by atoms with Crippen molar-refractivity contribution < 1.29 is 0 Å². The van der Waals surface area contributed by atoms with Crippen molar-refractivity contribution >= 4 is 11.8 Å². The summed E-state index contributed by atoms with van der Waals surface area (Å²) in [5.41, 5.74) is 8.39. The Bertz CT molecular complexity index is 468. The molecule has 0 fully saturated rings.